The number of carboxylic acid groups (broad SMARTS) is 1. The number of piperidine rings is 1. The SMILES string of the molecule is CC1(C)CC(Oc2cc(F)c(C(=O)O)cc2C2CC2)CN(Cc2ccccc2)C1. The van der Waals surface area contributed by atoms with Gasteiger partial charge in [-0.25, -0.2) is 9.18 Å². The Hall–Kier alpha value is -2.40. The summed E-state index contributed by atoms with van der Waals surface area (Å²) in [4.78, 5) is 13.7. The maximum absolute atomic E-state index is 14.4. The number of carbonyl (C=O) groups is 1. The van der Waals surface area contributed by atoms with Crippen LogP contribution in [0.2, 0.25) is 0 Å². The lowest BCUT2D eigenvalue weighted by molar-refractivity contribution is 0.0155. The van der Waals surface area contributed by atoms with Crippen LogP contribution >= 0.6 is 0 Å². The highest BCUT2D eigenvalue weighted by Crippen LogP contribution is 2.46. The smallest absolute Gasteiger partial charge is 0.338 e. The summed E-state index contributed by atoms with van der Waals surface area (Å²) in [5, 5.41) is 9.26. The molecule has 5 heteroatoms. The molecule has 1 atom stereocenters. The molecule has 29 heavy (non-hydrogen) atoms. The fourth-order valence-electron chi connectivity index (χ4n) is 4.47. The number of rotatable bonds is 6. The van der Waals surface area contributed by atoms with Crippen molar-refractivity contribution in [2.45, 2.75) is 51.7 Å². The third kappa shape index (κ3) is 4.78. The van der Waals surface area contributed by atoms with E-state index in [1.807, 2.05) is 18.2 Å². The predicted octanol–water partition coefficient (Wildman–Crippen LogP) is 5.08. The van der Waals surface area contributed by atoms with Crippen molar-refractivity contribution in [2.24, 2.45) is 5.41 Å². The Kier molecular flexibility index (Phi) is 5.34. The molecule has 1 aliphatic carbocycles. The lowest BCUT2D eigenvalue weighted by atomic mass is 9.82. The number of halogens is 1. The molecule has 1 saturated heterocycles. The normalized spacial score (nSPS) is 21.7. The van der Waals surface area contributed by atoms with Crippen LogP contribution in [-0.2, 0) is 6.54 Å². The van der Waals surface area contributed by atoms with Gasteiger partial charge in [-0.1, -0.05) is 44.2 Å². The summed E-state index contributed by atoms with van der Waals surface area (Å²) >= 11 is 0. The Morgan fingerprint density at radius 1 is 1.24 bits per heavy atom. The van der Waals surface area contributed by atoms with Gasteiger partial charge in [-0.3, -0.25) is 4.90 Å². The molecular weight excluding hydrogens is 369 g/mol. The summed E-state index contributed by atoms with van der Waals surface area (Å²) in [6.07, 6.45) is 2.81. The van der Waals surface area contributed by atoms with Crippen LogP contribution in [0, 0.1) is 11.2 Å². The molecule has 2 fully saturated rings. The summed E-state index contributed by atoms with van der Waals surface area (Å²) in [7, 11) is 0. The molecule has 2 aromatic rings. The van der Waals surface area contributed by atoms with Gasteiger partial charge in [0, 0.05) is 25.7 Å². The van der Waals surface area contributed by atoms with E-state index in [0.717, 1.165) is 44.5 Å². The zero-order valence-corrected chi connectivity index (χ0v) is 17.0. The van der Waals surface area contributed by atoms with E-state index < -0.39 is 11.8 Å². The highest BCUT2D eigenvalue weighted by Gasteiger charge is 2.36. The Morgan fingerprint density at radius 2 is 1.97 bits per heavy atom. The maximum Gasteiger partial charge on any atom is 0.338 e. The van der Waals surface area contributed by atoms with Crippen molar-refractivity contribution < 1.29 is 19.0 Å². The second-order valence-electron chi connectivity index (χ2n) is 9.21. The van der Waals surface area contributed by atoms with Gasteiger partial charge in [0.25, 0.3) is 0 Å². The Labute approximate surface area is 171 Å². The molecule has 0 amide bonds. The van der Waals surface area contributed by atoms with Gasteiger partial charge in [0.05, 0.1) is 5.56 Å². The molecule has 0 spiro atoms. The van der Waals surface area contributed by atoms with Gasteiger partial charge in [0.1, 0.15) is 17.7 Å². The number of hydrogen-bond acceptors (Lipinski definition) is 3. The van der Waals surface area contributed by atoms with Crippen LogP contribution in [0.25, 0.3) is 0 Å². The number of likely N-dealkylation sites (tertiary alicyclic amines) is 1. The third-order valence-electron chi connectivity index (χ3n) is 5.78. The molecule has 2 aliphatic rings. The third-order valence-corrected chi connectivity index (χ3v) is 5.78. The van der Waals surface area contributed by atoms with Crippen LogP contribution in [0.4, 0.5) is 4.39 Å². The molecule has 1 unspecified atom stereocenters. The quantitative estimate of drug-likeness (QED) is 0.738. The highest BCUT2D eigenvalue weighted by atomic mass is 19.1. The van der Waals surface area contributed by atoms with E-state index in [2.05, 4.69) is 30.9 Å². The van der Waals surface area contributed by atoms with Crippen LogP contribution in [0.5, 0.6) is 5.75 Å². The fraction of sp³-hybridized carbons (Fsp3) is 0.458. The van der Waals surface area contributed by atoms with Gasteiger partial charge in [-0.05, 0) is 47.8 Å². The monoisotopic (exact) mass is 397 g/mol. The number of carboxylic acids is 1. The second kappa shape index (κ2) is 7.79. The number of ether oxygens (including phenoxy) is 1. The van der Waals surface area contributed by atoms with E-state index in [1.165, 1.54) is 17.7 Å². The zero-order chi connectivity index (χ0) is 20.6. The molecule has 2 aromatic carbocycles. The van der Waals surface area contributed by atoms with Crippen molar-refractivity contribution in [3.05, 3.63) is 65.0 Å². The molecule has 0 radical (unpaired) electrons. The standard InChI is InChI=1S/C24H28FNO3/c1-24(2)12-18(14-26(15-24)13-16-6-4-3-5-7-16)29-22-11-21(25)20(23(27)28)10-19(22)17-8-9-17/h3-7,10-11,17-18H,8-9,12-15H2,1-2H3,(H,27,28). The molecule has 4 nitrogen and oxygen atoms in total. The lowest BCUT2D eigenvalue weighted by Gasteiger charge is -2.42. The van der Waals surface area contributed by atoms with Crippen LogP contribution in [0.3, 0.4) is 0 Å². The van der Waals surface area contributed by atoms with Crippen molar-refractivity contribution >= 4 is 5.97 Å². The van der Waals surface area contributed by atoms with E-state index in [0.29, 0.717) is 5.75 Å². The largest absolute Gasteiger partial charge is 0.489 e. The number of aromatic carboxylic acids is 1. The second-order valence-corrected chi connectivity index (χ2v) is 9.21. The summed E-state index contributed by atoms with van der Waals surface area (Å²) in [5.41, 5.74) is 1.91. The molecule has 1 N–H and O–H groups in total. The minimum absolute atomic E-state index is 0.0601. The average Bonchev–Trinajstić information content (AvgIpc) is 3.46. The minimum atomic E-state index is -1.23. The van der Waals surface area contributed by atoms with Crippen LogP contribution < -0.4 is 4.74 Å². The topological polar surface area (TPSA) is 49.8 Å². The number of hydrogen-bond donors (Lipinski definition) is 1. The molecule has 154 valence electrons. The molecular formula is C24H28FNO3. The number of benzene rings is 2. The summed E-state index contributed by atoms with van der Waals surface area (Å²) in [6.45, 7) is 7.06. The first-order valence-corrected chi connectivity index (χ1v) is 10.3. The van der Waals surface area contributed by atoms with Crippen LogP contribution in [0.1, 0.15) is 60.5 Å². The number of nitrogens with zero attached hydrogens (tertiary/aromatic N) is 1. The minimum Gasteiger partial charge on any atom is -0.489 e. The predicted molar refractivity (Wildman–Crippen MR) is 110 cm³/mol. The van der Waals surface area contributed by atoms with Gasteiger partial charge >= 0.3 is 5.97 Å². The zero-order valence-electron chi connectivity index (χ0n) is 17.0. The lowest BCUT2D eigenvalue weighted by Crippen LogP contribution is -2.48. The first kappa shape index (κ1) is 19.9. The van der Waals surface area contributed by atoms with Crippen molar-refractivity contribution in [3.8, 4) is 5.75 Å². The summed E-state index contributed by atoms with van der Waals surface area (Å²) in [5.74, 6) is -1.17. The summed E-state index contributed by atoms with van der Waals surface area (Å²) < 4.78 is 20.7. The van der Waals surface area contributed by atoms with Crippen molar-refractivity contribution in [3.63, 3.8) is 0 Å². The van der Waals surface area contributed by atoms with Crippen molar-refractivity contribution in [2.75, 3.05) is 13.1 Å². The van der Waals surface area contributed by atoms with E-state index in [4.69, 9.17) is 4.74 Å². The van der Waals surface area contributed by atoms with Crippen LogP contribution in [0.15, 0.2) is 42.5 Å². The van der Waals surface area contributed by atoms with E-state index in [9.17, 15) is 14.3 Å². The summed E-state index contributed by atoms with van der Waals surface area (Å²) in [6, 6.07) is 13.1. The molecule has 1 aliphatic heterocycles. The molecule has 0 aromatic heterocycles. The van der Waals surface area contributed by atoms with Gasteiger partial charge in [-0.15, -0.1) is 0 Å². The van der Waals surface area contributed by atoms with Crippen LogP contribution in [-0.4, -0.2) is 35.2 Å². The molecule has 4 rings (SSSR count). The first-order valence-electron chi connectivity index (χ1n) is 10.3. The molecule has 1 heterocycles. The van der Waals surface area contributed by atoms with Gasteiger partial charge in [0.2, 0.25) is 0 Å². The van der Waals surface area contributed by atoms with E-state index in [1.54, 1.807) is 0 Å². The van der Waals surface area contributed by atoms with Crippen molar-refractivity contribution in [1.29, 1.82) is 0 Å². The first-order chi connectivity index (χ1) is 13.8. The molecule has 1 saturated carbocycles. The Bertz CT molecular complexity index is 892. The van der Waals surface area contributed by atoms with Gasteiger partial charge in [0.15, 0.2) is 0 Å². The Balaban J connectivity index is 1.55. The van der Waals surface area contributed by atoms with E-state index in [-0.39, 0.29) is 23.0 Å². The fourth-order valence-corrected chi connectivity index (χ4v) is 4.47. The molecule has 0 bridgehead atoms. The van der Waals surface area contributed by atoms with Crippen molar-refractivity contribution in [1.82, 2.24) is 4.90 Å². The highest BCUT2D eigenvalue weighted by molar-refractivity contribution is 5.88. The average molecular weight is 397 g/mol. The van der Waals surface area contributed by atoms with E-state index >= 15 is 0 Å². The maximum atomic E-state index is 14.4. The van der Waals surface area contributed by atoms with Gasteiger partial charge in [-0.2, -0.15) is 0 Å². The van der Waals surface area contributed by atoms with Gasteiger partial charge < -0.3 is 9.84 Å². The Morgan fingerprint density at radius 3 is 2.62 bits per heavy atom.